The Morgan fingerprint density at radius 3 is 2.59 bits per heavy atom. The lowest BCUT2D eigenvalue weighted by molar-refractivity contribution is -0.137. The van der Waals surface area contributed by atoms with E-state index in [9.17, 15) is 9.18 Å². The third-order valence-electron chi connectivity index (χ3n) is 7.31. The minimum absolute atomic E-state index is 0.0127. The highest BCUT2D eigenvalue weighted by molar-refractivity contribution is 5.79. The molecule has 2 heterocycles. The van der Waals surface area contributed by atoms with Crippen LogP contribution in [0.2, 0.25) is 0 Å². The van der Waals surface area contributed by atoms with Crippen LogP contribution in [0.3, 0.4) is 0 Å². The quantitative estimate of drug-likeness (QED) is 0.830. The van der Waals surface area contributed by atoms with E-state index in [1.807, 2.05) is 6.07 Å². The normalized spacial score (nSPS) is 25.8. The summed E-state index contributed by atoms with van der Waals surface area (Å²) < 4.78 is 14.0. The average molecular weight is 373 g/mol. The van der Waals surface area contributed by atoms with Crippen molar-refractivity contribution in [2.45, 2.75) is 75.7 Å². The van der Waals surface area contributed by atoms with Gasteiger partial charge in [-0.05, 0) is 81.0 Å². The van der Waals surface area contributed by atoms with Crippen LogP contribution in [-0.4, -0.2) is 36.5 Å². The molecule has 0 radical (unpaired) electrons. The van der Waals surface area contributed by atoms with Gasteiger partial charge in [-0.1, -0.05) is 25.0 Å². The van der Waals surface area contributed by atoms with Crippen LogP contribution < -0.4 is 5.32 Å². The molecular formula is C23H33FN2O. The SMILES string of the molecule is O=C(C1CCCC1)N1CCC(CCC2CCCN2)(c2cccc(F)c2)CC1. The second kappa shape index (κ2) is 8.30. The van der Waals surface area contributed by atoms with E-state index in [2.05, 4.69) is 16.3 Å². The highest BCUT2D eigenvalue weighted by Gasteiger charge is 2.39. The Labute approximate surface area is 162 Å². The summed E-state index contributed by atoms with van der Waals surface area (Å²) in [6, 6.07) is 7.81. The molecule has 1 unspecified atom stereocenters. The lowest BCUT2D eigenvalue weighted by Gasteiger charge is -2.43. The molecule has 1 atom stereocenters. The van der Waals surface area contributed by atoms with Crippen LogP contribution in [-0.2, 0) is 10.2 Å². The van der Waals surface area contributed by atoms with Gasteiger partial charge in [0.05, 0.1) is 0 Å². The number of nitrogens with zero attached hydrogens (tertiary/aromatic N) is 1. The average Bonchev–Trinajstić information content (AvgIpc) is 3.40. The monoisotopic (exact) mass is 372 g/mol. The fourth-order valence-electron chi connectivity index (χ4n) is 5.54. The molecule has 1 aliphatic carbocycles. The predicted octanol–water partition coefficient (Wildman–Crippen LogP) is 4.41. The third-order valence-corrected chi connectivity index (χ3v) is 7.31. The summed E-state index contributed by atoms with van der Waals surface area (Å²) in [5.74, 6) is 0.488. The molecule has 1 saturated carbocycles. The molecule has 2 aliphatic heterocycles. The number of amides is 1. The standard InChI is InChI=1S/C23H33FN2O/c24-20-8-3-7-19(17-20)23(11-10-21-9-4-14-25-21)12-15-26(16-13-23)22(27)18-5-1-2-6-18/h3,7-8,17-18,21,25H,1-2,4-6,9-16H2. The molecule has 1 aromatic carbocycles. The summed E-state index contributed by atoms with van der Waals surface area (Å²) in [6.45, 7) is 2.77. The number of rotatable bonds is 5. The van der Waals surface area contributed by atoms with Gasteiger partial charge in [0.2, 0.25) is 5.91 Å². The van der Waals surface area contributed by atoms with E-state index in [1.165, 1.54) is 31.7 Å². The molecule has 148 valence electrons. The summed E-state index contributed by atoms with van der Waals surface area (Å²) in [6.07, 6.45) is 11.2. The zero-order valence-corrected chi connectivity index (χ0v) is 16.4. The summed E-state index contributed by atoms with van der Waals surface area (Å²) in [7, 11) is 0. The number of carbonyl (C=O) groups is 1. The number of piperidine rings is 1. The third kappa shape index (κ3) is 4.21. The molecular weight excluding hydrogens is 339 g/mol. The molecule has 27 heavy (non-hydrogen) atoms. The Morgan fingerprint density at radius 2 is 1.93 bits per heavy atom. The maximum Gasteiger partial charge on any atom is 0.225 e. The number of hydrogen-bond acceptors (Lipinski definition) is 2. The van der Waals surface area contributed by atoms with Crippen molar-refractivity contribution >= 4 is 5.91 Å². The minimum atomic E-state index is -0.143. The lowest BCUT2D eigenvalue weighted by Crippen LogP contribution is -2.47. The van der Waals surface area contributed by atoms with Crippen LogP contribution in [0, 0.1) is 11.7 Å². The van der Waals surface area contributed by atoms with Crippen molar-refractivity contribution in [1.29, 1.82) is 0 Å². The zero-order valence-electron chi connectivity index (χ0n) is 16.4. The van der Waals surface area contributed by atoms with Gasteiger partial charge in [0.15, 0.2) is 0 Å². The van der Waals surface area contributed by atoms with Crippen molar-refractivity contribution in [3.8, 4) is 0 Å². The molecule has 4 rings (SSSR count). The van der Waals surface area contributed by atoms with E-state index >= 15 is 0 Å². The molecule has 1 aromatic rings. The van der Waals surface area contributed by atoms with E-state index in [0.717, 1.165) is 63.7 Å². The Morgan fingerprint density at radius 1 is 1.15 bits per heavy atom. The van der Waals surface area contributed by atoms with Crippen LogP contribution >= 0.6 is 0 Å². The smallest absolute Gasteiger partial charge is 0.225 e. The van der Waals surface area contributed by atoms with Gasteiger partial charge in [-0.15, -0.1) is 0 Å². The Kier molecular flexibility index (Phi) is 5.82. The van der Waals surface area contributed by atoms with Crippen LogP contribution in [0.1, 0.15) is 69.8 Å². The molecule has 1 N–H and O–H groups in total. The number of halogens is 1. The fraction of sp³-hybridized carbons (Fsp3) is 0.696. The van der Waals surface area contributed by atoms with E-state index < -0.39 is 0 Å². The highest BCUT2D eigenvalue weighted by atomic mass is 19.1. The van der Waals surface area contributed by atoms with Crippen molar-refractivity contribution in [3.05, 3.63) is 35.6 Å². The summed E-state index contributed by atoms with van der Waals surface area (Å²) in [5.41, 5.74) is 1.15. The van der Waals surface area contributed by atoms with Gasteiger partial charge in [0.25, 0.3) is 0 Å². The Balaban J connectivity index is 1.46. The van der Waals surface area contributed by atoms with Crippen molar-refractivity contribution in [2.75, 3.05) is 19.6 Å². The van der Waals surface area contributed by atoms with E-state index in [1.54, 1.807) is 6.07 Å². The minimum Gasteiger partial charge on any atom is -0.342 e. The van der Waals surface area contributed by atoms with Crippen molar-refractivity contribution in [2.24, 2.45) is 5.92 Å². The van der Waals surface area contributed by atoms with E-state index in [-0.39, 0.29) is 17.2 Å². The first-order valence-corrected chi connectivity index (χ1v) is 10.9. The van der Waals surface area contributed by atoms with Crippen LogP contribution in [0.15, 0.2) is 24.3 Å². The lowest BCUT2D eigenvalue weighted by atomic mass is 9.69. The maximum absolute atomic E-state index is 14.0. The molecule has 0 bridgehead atoms. The summed E-state index contributed by atoms with van der Waals surface area (Å²) >= 11 is 0. The van der Waals surface area contributed by atoms with Crippen LogP contribution in [0.5, 0.6) is 0 Å². The first-order chi connectivity index (χ1) is 13.2. The molecule has 4 heteroatoms. The molecule has 3 fully saturated rings. The first-order valence-electron chi connectivity index (χ1n) is 10.9. The van der Waals surface area contributed by atoms with Gasteiger partial charge in [0, 0.05) is 25.0 Å². The summed E-state index contributed by atoms with van der Waals surface area (Å²) in [5, 5.41) is 3.60. The van der Waals surface area contributed by atoms with Gasteiger partial charge >= 0.3 is 0 Å². The van der Waals surface area contributed by atoms with Crippen molar-refractivity contribution in [3.63, 3.8) is 0 Å². The molecule has 0 spiro atoms. The first kappa shape index (κ1) is 18.9. The van der Waals surface area contributed by atoms with E-state index in [4.69, 9.17) is 0 Å². The fourth-order valence-corrected chi connectivity index (χ4v) is 5.54. The number of nitrogens with one attached hydrogen (secondary N) is 1. The number of hydrogen-bond donors (Lipinski definition) is 1. The molecule has 2 saturated heterocycles. The van der Waals surface area contributed by atoms with E-state index in [0.29, 0.717) is 11.9 Å². The molecule has 3 nitrogen and oxygen atoms in total. The van der Waals surface area contributed by atoms with Crippen molar-refractivity contribution in [1.82, 2.24) is 10.2 Å². The number of benzene rings is 1. The second-order valence-electron chi connectivity index (χ2n) is 8.93. The molecule has 3 aliphatic rings. The van der Waals surface area contributed by atoms with Gasteiger partial charge in [-0.3, -0.25) is 4.79 Å². The van der Waals surface area contributed by atoms with Gasteiger partial charge in [0.1, 0.15) is 5.82 Å². The number of likely N-dealkylation sites (tertiary alicyclic amines) is 1. The predicted molar refractivity (Wildman–Crippen MR) is 106 cm³/mol. The van der Waals surface area contributed by atoms with Crippen LogP contribution in [0.25, 0.3) is 0 Å². The van der Waals surface area contributed by atoms with Crippen LogP contribution in [0.4, 0.5) is 4.39 Å². The maximum atomic E-state index is 14.0. The van der Waals surface area contributed by atoms with Gasteiger partial charge in [-0.2, -0.15) is 0 Å². The van der Waals surface area contributed by atoms with Gasteiger partial charge in [-0.25, -0.2) is 4.39 Å². The Hall–Kier alpha value is -1.42. The topological polar surface area (TPSA) is 32.3 Å². The largest absolute Gasteiger partial charge is 0.342 e. The second-order valence-corrected chi connectivity index (χ2v) is 8.93. The highest BCUT2D eigenvalue weighted by Crippen LogP contribution is 2.41. The zero-order chi connectivity index (χ0) is 18.7. The number of carbonyl (C=O) groups excluding carboxylic acids is 1. The Bertz CT molecular complexity index is 642. The summed E-state index contributed by atoms with van der Waals surface area (Å²) in [4.78, 5) is 14.9. The van der Waals surface area contributed by atoms with Crippen molar-refractivity contribution < 1.29 is 9.18 Å². The molecule has 0 aromatic heterocycles. The molecule has 1 amide bonds. The van der Waals surface area contributed by atoms with Gasteiger partial charge < -0.3 is 10.2 Å².